The number of nitrogens with zero attached hydrogens (tertiary/aromatic N) is 3. The van der Waals surface area contributed by atoms with E-state index in [1.165, 1.54) is 32.7 Å². The monoisotopic (exact) mass is 283 g/mol. The Morgan fingerprint density at radius 3 is 2.65 bits per heavy atom. The van der Waals surface area contributed by atoms with Gasteiger partial charge in [0, 0.05) is 72.1 Å². The second-order valence-corrected chi connectivity index (χ2v) is 5.42. The van der Waals surface area contributed by atoms with Crippen molar-refractivity contribution in [2.75, 3.05) is 66.1 Å². The fourth-order valence-electron chi connectivity index (χ4n) is 2.88. The van der Waals surface area contributed by atoms with E-state index in [1.54, 1.807) is 0 Å². The first-order valence-corrected chi connectivity index (χ1v) is 7.82. The van der Waals surface area contributed by atoms with Gasteiger partial charge in [0.2, 0.25) is 0 Å². The molecule has 0 saturated carbocycles. The van der Waals surface area contributed by atoms with Gasteiger partial charge in [-0.1, -0.05) is 0 Å². The maximum absolute atomic E-state index is 5.33. The summed E-state index contributed by atoms with van der Waals surface area (Å²) >= 11 is 0. The zero-order valence-corrected chi connectivity index (χ0v) is 12.9. The molecule has 0 radical (unpaired) electrons. The maximum atomic E-state index is 5.33. The minimum Gasteiger partial charge on any atom is -0.382 e. The fourth-order valence-corrected chi connectivity index (χ4v) is 2.88. The number of fused-ring (bicyclic) bond motifs is 3. The molecular formula is C14H29N5O. The van der Waals surface area contributed by atoms with Crippen LogP contribution in [0.25, 0.3) is 0 Å². The van der Waals surface area contributed by atoms with Gasteiger partial charge in [0.25, 0.3) is 0 Å². The van der Waals surface area contributed by atoms with Crippen LogP contribution in [0.2, 0.25) is 0 Å². The average molecular weight is 283 g/mol. The first-order valence-electron chi connectivity index (χ1n) is 7.82. The summed E-state index contributed by atoms with van der Waals surface area (Å²) < 4.78 is 5.33. The van der Waals surface area contributed by atoms with Crippen molar-refractivity contribution < 1.29 is 4.74 Å². The van der Waals surface area contributed by atoms with Crippen LogP contribution < -0.4 is 10.6 Å². The molecule has 1 unspecified atom stereocenters. The van der Waals surface area contributed by atoms with Crippen LogP contribution in [0, 0.1) is 0 Å². The molecule has 0 aromatic carbocycles. The standard InChI is InChI=1S/C14H29N5O/c1-3-20-10-4-5-16-14(15-2)17-11-13-12-18-6-8-19(13)9-7-18/h13H,3-12H2,1-2H3,(H2,15,16,17). The van der Waals surface area contributed by atoms with E-state index in [-0.39, 0.29) is 0 Å². The minimum absolute atomic E-state index is 0.625. The lowest BCUT2D eigenvalue weighted by molar-refractivity contribution is 0.0154. The van der Waals surface area contributed by atoms with Crippen molar-refractivity contribution in [3.05, 3.63) is 0 Å². The number of hydrogen-bond donors (Lipinski definition) is 2. The highest BCUT2D eigenvalue weighted by atomic mass is 16.5. The molecule has 3 saturated heterocycles. The Morgan fingerprint density at radius 1 is 1.25 bits per heavy atom. The van der Waals surface area contributed by atoms with Crippen molar-refractivity contribution in [3.8, 4) is 0 Å². The van der Waals surface area contributed by atoms with Crippen molar-refractivity contribution in [1.82, 2.24) is 20.4 Å². The Morgan fingerprint density at radius 2 is 2.05 bits per heavy atom. The summed E-state index contributed by atoms with van der Waals surface area (Å²) in [6.07, 6.45) is 1.01. The highest BCUT2D eigenvalue weighted by Gasteiger charge is 2.31. The van der Waals surface area contributed by atoms with Crippen LogP contribution in [0.15, 0.2) is 4.99 Å². The van der Waals surface area contributed by atoms with Crippen molar-refractivity contribution >= 4 is 5.96 Å². The first-order chi connectivity index (χ1) is 9.83. The van der Waals surface area contributed by atoms with E-state index in [1.807, 2.05) is 14.0 Å². The van der Waals surface area contributed by atoms with Crippen molar-refractivity contribution in [2.24, 2.45) is 4.99 Å². The molecule has 2 N–H and O–H groups in total. The topological polar surface area (TPSA) is 52.1 Å². The molecule has 3 aliphatic rings. The van der Waals surface area contributed by atoms with Crippen LogP contribution in [0.4, 0.5) is 0 Å². The van der Waals surface area contributed by atoms with Gasteiger partial charge in [0.1, 0.15) is 0 Å². The Balaban J connectivity index is 1.61. The molecule has 0 spiro atoms. The Kier molecular flexibility index (Phi) is 6.56. The largest absolute Gasteiger partial charge is 0.382 e. The summed E-state index contributed by atoms with van der Waals surface area (Å²) in [6.45, 7) is 11.6. The van der Waals surface area contributed by atoms with Gasteiger partial charge >= 0.3 is 0 Å². The molecule has 3 fully saturated rings. The van der Waals surface area contributed by atoms with Crippen LogP contribution in [-0.2, 0) is 4.74 Å². The SMILES string of the molecule is CCOCCCNC(=NC)NCC1CN2CCN1CC2. The highest BCUT2D eigenvalue weighted by molar-refractivity contribution is 5.79. The third kappa shape index (κ3) is 4.61. The molecule has 3 rings (SSSR count). The number of rotatable bonds is 7. The molecule has 0 aliphatic carbocycles. The zero-order valence-electron chi connectivity index (χ0n) is 12.9. The van der Waals surface area contributed by atoms with Crippen LogP contribution in [0.5, 0.6) is 0 Å². The number of guanidine groups is 1. The van der Waals surface area contributed by atoms with Gasteiger partial charge in [-0.05, 0) is 13.3 Å². The van der Waals surface area contributed by atoms with Gasteiger partial charge in [-0.15, -0.1) is 0 Å². The molecule has 2 bridgehead atoms. The summed E-state index contributed by atoms with van der Waals surface area (Å²) in [6, 6.07) is 0.625. The van der Waals surface area contributed by atoms with E-state index in [4.69, 9.17) is 4.74 Å². The van der Waals surface area contributed by atoms with E-state index in [9.17, 15) is 0 Å². The van der Waals surface area contributed by atoms with Gasteiger partial charge in [0.05, 0.1) is 0 Å². The van der Waals surface area contributed by atoms with Gasteiger partial charge in [-0.2, -0.15) is 0 Å². The minimum atomic E-state index is 0.625. The van der Waals surface area contributed by atoms with Crippen molar-refractivity contribution in [2.45, 2.75) is 19.4 Å². The smallest absolute Gasteiger partial charge is 0.191 e. The number of ether oxygens (including phenoxy) is 1. The van der Waals surface area contributed by atoms with Crippen LogP contribution in [0.3, 0.4) is 0 Å². The number of hydrogen-bond acceptors (Lipinski definition) is 4. The normalized spacial score (nSPS) is 29.5. The van der Waals surface area contributed by atoms with E-state index in [0.29, 0.717) is 6.04 Å². The molecular weight excluding hydrogens is 254 g/mol. The van der Waals surface area contributed by atoms with E-state index < -0.39 is 0 Å². The predicted octanol–water partition coefficient (Wildman–Crippen LogP) is -0.422. The summed E-state index contributed by atoms with van der Waals surface area (Å²) in [4.78, 5) is 9.43. The average Bonchev–Trinajstić information content (AvgIpc) is 2.51. The lowest BCUT2D eigenvalue weighted by Gasteiger charge is -2.47. The van der Waals surface area contributed by atoms with Gasteiger partial charge in [-0.3, -0.25) is 14.8 Å². The first kappa shape index (κ1) is 15.5. The Labute approximate surface area is 122 Å². The molecule has 116 valence electrons. The maximum Gasteiger partial charge on any atom is 0.191 e. The zero-order chi connectivity index (χ0) is 14.2. The number of nitrogens with one attached hydrogen (secondary N) is 2. The van der Waals surface area contributed by atoms with Crippen molar-refractivity contribution in [3.63, 3.8) is 0 Å². The van der Waals surface area contributed by atoms with E-state index in [0.717, 1.165) is 38.7 Å². The molecule has 0 aromatic heterocycles. The lowest BCUT2D eigenvalue weighted by Crippen LogP contribution is -2.63. The highest BCUT2D eigenvalue weighted by Crippen LogP contribution is 2.14. The summed E-state index contributed by atoms with van der Waals surface area (Å²) in [5, 5.41) is 6.78. The molecule has 6 heteroatoms. The quantitative estimate of drug-likeness (QED) is 0.377. The third-order valence-electron chi connectivity index (χ3n) is 4.08. The van der Waals surface area contributed by atoms with Crippen LogP contribution >= 0.6 is 0 Å². The number of aliphatic imine (C=N–C) groups is 1. The van der Waals surface area contributed by atoms with E-state index >= 15 is 0 Å². The van der Waals surface area contributed by atoms with Crippen molar-refractivity contribution in [1.29, 1.82) is 0 Å². The fraction of sp³-hybridized carbons (Fsp3) is 0.929. The Bertz CT molecular complexity index is 302. The molecule has 0 aromatic rings. The second kappa shape index (κ2) is 8.44. The third-order valence-corrected chi connectivity index (χ3v) is 4.08. The van der Waals surface area contributed by atoms with Crippen LogP contribution in [-0.4, -0.2) is 87.9 Å². The molecule has 20 heavy (non-hydrogen) atoms. The lowest BCUT2D eigenvalue weighted by atomic mass is 10.1. The molecule has 3 heterocycles. The predicted molar refractivity (Wildman–Crippen MR) is 82.3 cm³/mol. The molecule has 6 nitrogen and oxygen atoms in total. The molecule has 1 atom stereocenters. The number of piperazine rings is 3. The van der Waals surface area contributed by atoms with Gasteiger partial charge in [-0.25, -0.2) is 0 Å². The summed E-state index contributed by atoms with van der Waals surface area (Å²) in [5.41, 5.74) is 0. The Hall–Kier alpha value is -0.850. The second-order valence-electron chi connectivity index (χ2n) is 5.42. The summed E-state index contributed by atoms with van der Waals surface area (Å²) in [5.74, 6) is 0.902. The molecule has 0 amide bonds. The van der Waals surface area contributed by atoms with Gasteiger partial charge in [0.15, 0.2) is 5.96 Å². The molecule has 3 aliphatic heterocycles. The van der Waals surface area contributed by atoms with E-state index in [2.05, 4.69) is 25.4 Å². The van der Waals surface area contributed by atoms with Crippen LogP contribution in [0.1, 0.15) is 13.3 Å². The summed E-state index contributed by atoms with van der Waals surface area (Å²) in [7, 11) is 1.83. The van der Waals surface area contributed by atoms with Gasteiger partial charge < -0.3 is 15.4 Å².